The summed E-state index contributed by atoms with van der Waals surface area (Å²) in [7, 11) is 2.02. The average Bonchev–Trinajstić information content (AvgIpc) is 3.23. The first kappa shape index (κ1) is 21.5. The standard InChI is InChI=1S/C18H22ClN6S.BrH/c1-4-25(10-9-24-8-7-23(3)13-24)15-5-6-17(16(19)11-15)21-22-18-20-12-14(2)26-18;/h5-8,11-13H,4,9-10H2,1-3H3;1H/q+1;/p-1/b22-21+;. The van der Waals surface area contributed by atoms with Crippen molar-refractivity contribution in [2.75, 3.05) is 18.0 Å². The minimum atomic E-state index is 0. The molecule has 0 aliphatic carbocycles. The van der Waals surface area contributed by atoms with Crippen molar-refractivity contribution in [3.63, 3.8) is 0 Å². The molecule has 144 valence electrons. The Balaban J connectivity index is 0.00000261. The summed E-state index contributed by atoms with van der Waals surface area (Å²) >= 11 is 7.92. The van der Waals surface area contributed by atoms with Crippen molar-refractivity contribution in [1.29, 1.82) is 0 Å². The van der Waals surface area contributed by atoms with E-state index in [0.717, 1.165) is 30.2 Å². The Morgan fingerprint density at radius 1 is 1.33 bits per heavy atom. The van der Waals surface area contributed by atoms with Gasteiger partial charge in [-0.1, -0.05) is 22.9 Å². The van der Waals surface area contributed by atoms with Crippen LogP contribution in [0.25, 0.3) is 0 Å². The Bertz CT molecular complexity index is 907. The van der Waals surface area contributed by atoms with Crippen molar-refractivity contribution in [2.45, 2.75) is 20.4 Å². The van der Waals surface area contributed by atoms with E-state index in [2.05, 4.69) is 44.1 Å². The molecule has 9 heteroatoms. The molecule has 6 nitrogen and oxygen atoms in total. The van der Waals surface area contributed by atoms with Crippen molar-refractivity contribution in [3.8, 4) is 0 Å². The fourth-order valence-electron chi connectivity index (χ4n) is 2.60. The molecule has 27 heavy (non-hydrogen) atoms. The number of hydrogen-bond acceptors (Lipinski definition) is 5. The molecular formula is C18H22BrClN6S. The van der Waals surface area contributed by atoms with E-state index < -0.39 is 0 Å². The van der Waals surface area contributed by atoms with Crippen LogP contribution < -0.4 is 26.4 Å². The molecule has 1 aromatic carbocycles. The van der Waals surface area contributed by atoms with Crippen molar-refractivity contribution < 1.29 is 21.5 Å². The van der Waals surface area contributed by atoms with Crippen LogP contribution in [-0.4, -0.2) is 22.6 Å². The third-order valence-corrected chi connectivity index (χ3v) is 5.08. The lowest BCUT2D eigenvalue weighted by molar-refractivity contribution is -0.671. The van der Waals surface area contributed by atoms with Crippen LogP contribution in [-0.2, 0) is 13.6 Å². The molecule has 0 aliphatic heterocycles. The Morgan fingerprint density at radius 3 is 2.74 bits per heavy atom. The van der Waals surface area contributed by atoms with Gasteiger partial charge in [-0.2, -0.15) is 0 Å². The topological polar surface area (TPSA) is 49.7 Å². The van der Waals surface area contributed by atoms with Gasteiger partial charge >= 0.3 is 0 Å². The first-order valence-electron chi connectivity index (χ1n) is 8.45. The number of nitrogens with zero attached hydrogens (tertiary/aromatic N) is 6. The van der Waals surface area contributed by atoms with Crippen LogP contribution in [0.3, 0.4) is 0 Å². The summed E-state index contributed by atoms with van der Waals surface area (Å²) in [6.45, 7) is 6.86. The van der Waals surface area contributed by atoms with E-state index in [0.29, 0.717) is 15.8 Å². The first-order valence-corrected chi connectivity index (χ1v) is 9.64. The van der Waals surface area contributed by atoms with Gasteiger partial charge in [0.15, 0.2) is 0 Å². The molecule has 0 spiro atoms. The Hall–Kier alpha value is -1.77. The number of anilines is 1. The number of halogens is 2. The quantitative estimate of drug-likeness (QED) is 0.390. The molecule has 3 rings (SSSR count). The molecule has 0 atom stereocenters. The van der Waals surface area contributed by atoms with Crippen LogP contribution in [0.1, 0.15) is 11.8 Å². The highest BCUT2D eigenvalue weighted by molar-refractivity contribution is 7.15. The maximum absolute atomic E-state index is 6.42. The van der Waals surface area contributed by atoms with Gasteiger partial charge in [-0.25, -0.2) is 14.1 Å². The Kier molecular flexibility index (Phi) is 7.94. The van der Waals surface area contributed by atoms with E-state index in [1.54, 1.807) is 6.20 Å². The van der Waals surface area contributed by atoms with Gasteiger partial charge in [0.2, 0.25) is 11.5 Å². The predicted octanol–water partition coefficient (Wildman–Crippen LogP) is 1.68. The zero-order chi connectivity index (χ0) is 18.5. The largest absolute Gasteiger partial charge is 1.00 e. The van der Waals surface area contributed by atoms with E-state index in [9.17, 15) is 0 Å². The third-order valence-electron chi connectivity index (χ3n) is 3.98. The van der Waals surface area contributed by atoms with E-state index in [1.165, 1.54) is 11.3 Å². The van der Waals surface area contributed by atoms with Crippen LogP contribution in [0.5, 0.6) is 0 Å². The molecule has 0 unspecified atom stereocenters. The van der Waals surface area contributed by atoms with Crippen molar-refractivity contribution in [1.82, 2.24) is 9.55 Å². The minimum Gasteiger partial charge on any atom is -1.00 e. The highest BCUT2D eigenvalue weighted by Gasteiger charge is 2.10. The van der Waals surface area contributed by atoms with Crippen LogP contribution >= 0.6 is 22.9 Å². The predicted molar refractivity (Wildman–Crippen MR) is 106 cm³/mol. The number of aromatic nitrogens is 3. The summed E-state index contributed by atoms with van der Waals surface area (Å²) in [5, 5.41) is 9.61. The number of likely N-dealkylation sites (N-methyl/N-ethyl adjacent to an activating group) is 1. The van der Waals surface area contributed by atoms with Gasteiger partial charge in [-0.15, -0.1) is 10.2 Å². The summed E-state index contributed by atoms with van der Waals surface area (Å²) in [6, 6.07) is 5.88. The maximum atomic E-state index is 6.42. The number of aryl methyl sites for hydroxylation is 2. The summed E-state index contributed by atoms with van der Waals surface area (Å²) in [6.07, 6.45) is 7.97. The van der Waals surface area contributed by atoms with E-state index in [-0.39, 0.29) is 17.0 Å². The number of rotatable bonds is 7. The fraction of sp³-hybridized carbons (Fsp3) is 0.333. The molecule has 0 saturated heterocycles. The summed E-state index contributed by atoms with van der Waals surface area (Å²) in [5.41, 5.74) is 1.73. The number of hydrogen-bond donors (Lipinski definition) is 0. The van der Waals surface area contributed by atoms with Gasteiger partial charge in [0.05, 0.1) is 18.6 Å². The lowest BCUT2D eigenvalue weighted by Crippen LogP contribution is -3.00. The van der Waals surface area contributed by atoms with Crippen molar-refractivity contribution in [2.24, 2.45) is 17.3 Å². The first-order chi connectivity index (χ1) is 12.5. The molecule has 0 aliphatic rings. The molecule has 0 amide bonds. The molecule has 2 heterocycles. The molecule has 0 saturated carbocycles. The minimum absolute atomic E-state index is 0. The van der Waals surface area contributed by atoms with Gasteiger partial charge in [0.1, 0.15) is 24.6 Å². The summed E-state index contributed by atoms with van der Waals surface area (Å²) < 4.78 is 4.21. The lowest BCUT2D eigenvalue weighted by atomic mass is 10.2. The van der Waals surface area contributed by atoms with Gasteiger partial charge in [0.25, 0.3) is 0 Å². The van der Waals surface area contributed by atoms with E-state index in [4.69, 9.17) is 11.6 Å². The molecule has 0 bridgehead atoms. The Morgan fingerprint density at radius 2 is 2.15 bits per heavy atom. The van der Waals surface area contributed by atoms with Crippen molar-refractivity contribution in [3.05, 3.63) is 53.0 Å². The van der Waals surface area contributed by atoms with Crippen LogP contribution in [0.2, 0.25) is 5.02 Å². The summed E-state index contributed by atoms with van der Waals surface area (Å²) in [5.74, 6) is 0. The molecule has 3 aromatic rings. The number of benzene rings is 1. The van der Waals surface area contributed by atoms with Gasteiger partial charge in [0, 0.05) is 23.3 Å². The summed E-state index contributed by atoms with van der Waals surface area (Å²) in [4.78, 5) is 7.57. The van der Waals surface area contributed by atoms with Crippen molar-refractivity contribution >= 4 is 39.4 Å². The normalized spacial score (nSPS) is 11.0. The number of azo groups is 1. The second-order valence-electron chi connectivity index (χ2n) is 5.99. The highest BCUT2D eigenvalue weighted by atomic mass is 79.9. The molecule has 0 N–H and O–H groups in total. The average molecular weight is 470 g/mol. The number of imidazole rings is 1. The Labute approximate surface area is 178 Å². The van der Waals surface area contributed by atoms with Gasteiger partial charge in [-0.05, 0) is 32.0 Å². The molecule has 0 radical (unpaired) electrons. The lowest BCUT2D eigenvalue weighted by Gasteiger charge is -2.22. The maximum Gasteiger partial charge on any atom is 0.243 e. The molecular weight excluding hydrogens is 448 g/mol. The third kappa shape index (κ3) is 5.85. The zero-order valence-electron chi connectivity index (χ0n) is 15.5. The van der Waals surface area contributed by atoms with Gasteiger partial charge in [-0.3, -0.25) is 0 Å². The van der Waals surface area contributed by atoms with Crippen LogP contribution in [0, 0.1) is 6.92 Å². The molecule has 2 aromatic heterocycles. The molecule has 0 fully saturated rings. The van der Waals surface area contributed by atoms with Crippen LogP contribution in [0.4, 0.5) is 16.5 Å². The number of thiazole rings is 1. The SMILES string of the molecule is CCN(CCn1cc[n+](C)c1)c1ccc(/N=N/c2ncc(C)s2)c(Cl)c1.[Br-]. The van der Waals surface area contributed by atoms with Crippen LogP contribution in [0.15, 0.2) is 53.3 Å². The second-order valence-corrected chi connectivity index (χ2v) is 7.61. The van der Waals surface area contributed by atoms with E-state index in [1.807, 2.05) is 42.9 Å². The second kappa shape index (κ2) is 9.96. The zero-order valence-corrected chi connectivity index (χ0v) is 18.7. The van der Waals surface area contributed by atoms with Gasteiger partial charge < -0.3 is 21.9 Å². The smallest absolute Gasteiger partial charge is 0.243 e. The fourth-order valence-corrected chi connectivity index (χ4v) is 3.39. The van der Waals surface area contributed by atoms with E-state index >= 15 is 0 Å². The highest BCUT2D eigenvalue weighted by Crippen LogP contribution is 2.31. The monoisotopic (exact) mass is 468 g/mol.